The number of carbonyl (C=O) groups is 1. The summed E-state index contributed by atoms with van der Waals surface area (Å²) in [5.41, 5.74) is 7.50. The SMILES string of the molecule is Cc1cccc(-n2nc(C(=O)Nc3ccc(N(C)CCN(C)C)cc3)cc2-c2ccc3ncsc3c2)n1. The number of aromatic nitrogens is 4. The van der Waals surface area contributed by atoms with Gasteiger partial charge in [-0.15, -0.1) is 11.3 Å². The number of amides is 1. The van der Waals surface area contributed by atoms with Gasteiger partial charge in [0.15, 0.2) is 11.5 Å². The number of nitrogens with zero attached hydrogens (tertiary/aromatic N) is 6. The van der Waals surface area contributed by atoms with Gasteiger partial charge in [-0.2, -0.15) is 5.10 Å². The van der Waals surface area contributed by atoms with Crippen molar-refractivity contribution in [2.75, 3.05) is 44.4 Å². The van der Waals surface area contributed by atoms with Crippen LogP contribution in [0, 0.1) is 6.92 Å². The largest absolute Gasteiger partial charge is 0.373 e. The Morgan fingerprint density at radius 1 is 1.00 bits per heavy atom. The van der Waals surface area contributed by atoms with Gasteiger partial charge in [-0.3, -0.25) is 4.79 Å². The highest BCUT2D eigenvalue weighted by atomic mass is 32.1. The lowest BCUT2D eigenvalue weighted by atomic mass is 10.1. The Labute approximate surface area is 220 Å². The van der Waals surface area contributed by atoms with Gasteiger partial charge in [-0.25, -0.2) is 14.6 Å². The summed E-state index contributed by atoms with van der Waals surface area (Å²) in [7, 11) is 6.19. The van der Waals surface area contributed by atoms with E-state index in [1.165, 1.54) is 0 Å². The van der Waals surface area contributed by atoms with Gasteiger partial charge >= 0.3 is 0 Å². The molecule has 3 aromatic heterocycles. The van der Waals surface area contributed by atoms with Crippen LogP contribution in [0.5, 0.6) is 0 Å². The Hall–Kier alpha value is -4.08. The van der Waals surface area contributed by atoms with E-state index in [0.29, 0.717) is 17.2 Å². The van der Waals surface area contributed by atoms with Crippen LogP contribution in [0.15, 0.2) is 72.2 Å². The number of nitrogens with one attached hydrogen (secondary N) is 1. The predicted molar refractivity (Wildman–Crippen MR) is 151 cm³/mol. The minimum absolute atomic E-state index is 0.278. The van der Waals surface area contributed by atoms with Gasteiger partial charge in [-0.1, -0.05) is 12.1 Å². The topological polar surface area (TPSA) is 79.2 Å². The zero-order valence-corrected chi connectivity index (χ0v) is 22.2. The molecule has 5 aromatic rings. The highest BCUT2D eigenvalue weighted by Gasteiger charge is 2.18. The van der Waals surface area contributed by atoms with E-state index in [1.807, 2.05) is 73.1 Å². The Balaban J connectivity index is 1.42. The van der Waals surface area contributed by atoms with Crippen LogP contribution in [0.3, 0.4) is 0 Å². The Morgan fingerprint density at radius 2 is 1.81 bits per heavy atom. The van der Waals surface area contributed by atoms with Crippen molar-refractivity contribution in [3.63, 3.8) is 0 Å². The van der Waals surface area contributed by atoms with Crippen LogP contribution in [0.2, 0.25) is 0 Å². The maximum Gasteiger partial charge on any atom is 0.276 e. The van der Waals surface area contributed by atoms with Gasteiger partial charge in [-0.05, 0) is 75.6 Å². The lowest BCUT2D eigenvalue weighted by Gasteiger charge is -2.21. The summed E-state index contributed by atoms with van der Waals surface area (Å²) in [4.78, 5) is 26.6. The molecule has 9 heteroatoms. The molecule has 0 atom stereocenters. The fourth-order valence-corrected chi connectivity index (χ4v) is 4.72. The lowest BCUT2D eigenvalue weighted by Crippen LogP contribution is -2.28. The highest BCUT2D eigenvalue weighted by Crippen LogP contribution is 2.29. The smallest absolute Gasteiger partial charge is 0.276 e. The number of hydrogen-bond acceptors (Lipinski definition) is 7. The van der Waals surface area contributed by atoms with Crippen molar-refractivity contribution in [2.24, 2.45) is 0 Å². The normalized spacial score (nSPS) is 11.3. The van der Waals surface area contributed by atoms with Crippen molar-refractivity contribution < 1.29 is 4.79 Å². The fourth-order valence-electron chi connectivity index (χ4n) is 4.01. The van der Waals surface area contributed by atoms with E-state index in [9.17, 15) is 4.79 Å². The molecular weight excluding hydrogens is 482 g/mol. The minimum Gasteiger partial charge on any atom is -0.373 e. The van der Waals surface area contributed by atoms with Crippen LogP contribution in [0.4, 0.5) is 11.4 Å². The second-order valence-electron chi connectivity index (χ2n) is 9.22. The predicted octanol–water partition coefficient (Wildman–Crippen LogP) is 5.10. The average molecular weight is 512 g/mol. The summed E-state index contributed by atoms with van der Waals surface area (Å²) in [6.07, 6.45) is 0. The first-order valence-corrected chi connectivity index (χ1v) is 12.9. The average Bonchev–Trinajstić information content (AvgIpc) is 3.55. The quantitative estimate of drug-likeness (QED) is 0.312. The van der Waals surface area contributed by atoms with Gasteiger partial charge in [0.05, 0.1) is 21.4 Å². The molecule has 0 saturated carbocycles. The highest BCUT2D eigenvalue weighted by molar-refractivity contribution is 7.16. The summed E-state index contributed by atoms with van der Waals surface area (Å²) < 4.78 is 2.80. The molecular formula is C28H29N7OS. The molecule has 0 unspecified atom stereocenters. The van der Waals surface area contributed by atoms with Crippen LogP contribution in [-0.2, 0) is 0 Å². The maximum absolute atomic E-state index is 13.2. The molecule has 1 amide bonds. The van der Waals surface area contributed by atoms with Crippen molar-refractivity contribution in [3.05, 3.63) is 83.6 Å². The van der Waals surface area contributed by atoms with Crippen LogP contribution in [0.1, 0.15) is 16.2 Å². The summed E-state index contributed by atoms with van der Waals surface area (Å²) in [5.74, 6) is 0.379. The van der Waals surface area contributed by atoms with Gasteiger partial charge in [0.2, 0.25) is 0 Å². The third kappa shape index (κ3) is 5.52. The molecule has 5 rings (SSSR count). The summed E-state index contributed by atoms with van der Waals surface area (Å²) in [6.45, 7) is 3.82. The van der Waals surface area contributed by atoms with E-state index in [2.05, 4.69) is 57.4 Å². The molecule has 0 fully saturated rings. The molecule has 0 aliphatic rings. The number of carbonyl (C=O) groups excluding carboxylic acids is 1. The lowest BCUT2D eigenvalue weighted by molar-refractivity contribution is 0.102. The Bertz CT molecular complexity index is 1540. The van der Waals surface area contributed by atoms with E-state index in [0.717, 1.165) is 45.9 Å². The third-order valence-corrected chi connectivity index (χ3v) is 6.90. The van der Waals surface area contributed by atoms with Crippen LogP contribution < -0.4 is 10.2 Å². The minimum atomic E-state index is -0.278. The van der Waals surface area contributed by atoms with E-state index in [4.69, 9.17) is 0 Å². The number of benzene rings is 2. The van der Waals surface area contributed by atoms with Crippen LogP contribution in [-0.4, -0.2) is 64.8 Å². The number of pyridine rings is 1. The third-order valence-electron chi connectivity index (χ3n) is 6.11. The molecule has 8 nitrogen and oxygen atoms in total. The maximum atomic E-state index is 13.2. The van der Waals surface area contributed by atoms with Crippen molar-refractivity contribution in [3.8, 4) is 17.1 Å². The number of rotatable bonds is 8. The monoisotopic (exact) mass is 511 g/mol. The second kappa shape index (κ2) is 10.5. The zero-order valence-electron chi connectivity index (χ0n) is 21.3. The number of fused-ring (bicyclic) bond motifs is 1. The standard InChI is InChI=1S/C28H29N7OS/c1-19-6-5-7-27(30-19)35-25(20-8-13-23-26(16-20)37-18-29-23)17-24(32-35)28(36)31-21-9-11-22(12-10-21)34(4)15-14-33(2)3/h5-13,16-18H,14-15H2,1-4H3,(H,31,36). The molecule has 3 heterocycles. The number of likely N-dealkylation sites (N-methyl/N-ethyl adjacent to an activating group) is 2. The first-order chi connectivity index (χ1) is 17.9. The van der Waals surface area contributed by atoms with E-state index in [1.54, 1.807) is 16.0 Å². The molecule has 0 radical (unpaired) electrons. The summed E-state index contributed by atoms with van der Waals surface area (Å²) in [6, 6.07) is 21.5. The van der Waals surface area contributed by atoms with Gasteiger partial charge in [0.1, 0.15) is 0 Å². The van der Waals surface area contributed by atoms with Crippen LogP contribution in [0.25, 0.3) is 27.3 Å². The molecule has 0 saturated heterocycles. The van der Waals surface area contributed by atoms with Crippen molar-refractivity contribution >= 4 is 38.8 Å². The van der Waals surface area contributed by atoms with Crippen molar-refractivity contribution in [1.29, 1.82) is 0 Å². The van der Waals surface area contributed by atoms with Crippen molar-refractivity contribution in [1.82, 2.24) is 24.6 Å². The van der Waals surface area contributed by atoms with Gasteiger partial charge in [0.25, 0.3) is 5.91 Å². The number of thiazole rings is 1. The van der Waals surface area contributed by atoms with E-state index in [-0.39, 0.29) is 5.91 Å². The Kier molecular flexibility index (Phi) is 6.98. The number of aryl methyl sites for hydroxylation is 1. The number of hydrogen-bond donors (Lipinski definition) is 1. The first-order valence-electron chi connectivity index (χ1n) is 12.0. The molecule has 1 N–H and O–H groups in total. The summed E-state index contributed by atoms with van der Waals surface area (Å²) >= 11 is 1.58. The van der Waals surface area contributed by atoms with E-state index < -0.39 is 0 Å². The molecule has 37 heavy (non-hydrogen) atoms. The molecule has 188 valence electrons. The molecule has 0 aliphatic carbocycles. The first kappa shape index (κ1) is 24.6. The summed E-state index contributed by atoms with van der Waals surface area (Å²) in [5, 5.41) is 7.65. The van der Waals surface area contributed by atoms with E-state index >= 15 is 0 Å². The molecule has 2 aromatic carbocycles. The fraction of sp³-hybridized carbons (Fsp3) is 0.214. The number of anilines is 2. The second-order valence-corrected chi connectivity index (χ2v) is 10.1. The molecule has 0 bridgehead atoms. The molecule has 0 aliphatic heterocycles. The van der Waals surface area contributed by atoms with Gasteiger partial charge in [0, 0.05) is 42.8 Å². The Morgan fingerprint density at radius 3 is 2.57 bits per heavy atom. The van der Waals surface area contributed by atoms with Crippen molar-refractivity contribution in [2.45, 2.75) is 6.92 Å². The zero-order chi connectivity index (χ0) is 25.9. The molecule has 0 spiro atoms. The van der Waals surface area contributed by atoms with Crippen LogP contribution >= 0.6 is 11.3 Å². The van der Waals surface area contributed by atoms with Gasteiger partial charge < -0.3 is 15.1 Å².